The number of carbonyl (C=O) groups is 2. The number of carbonyl (C=O) groups excluding carboxylic acids is 2. The zero-order valence-electron chi connectivity index (χ0n) is 15.8. The van der Waals surface area contributed by atoms with E-state index in [-0.39, 0.29) is 12.3 Å². The normalized spacial score (nSPS) is 10.5. The molecule has 0 bridgehead atoms. The molecule has 0 saturated carbocycles. The van der Waals surface area contributed by atoms with Gasteiger partial charge in [-0.15, -0.1) is 0 Å². The minimum Gasteiger partial charge on any atom is -0.462 e. The topological polar surface area (TPSA) is 68.3 Å². The third-order valence-electron chi connectivity index (χ3n) is 4.24. The van der Waals surface area contributed by atoms with Gasteiger partial charge in [0, 0.05) is 5.56 Å². The number of pyridine rings is 1. The minimum atomic E-state index is -0.946. The van der Waals surface area contributed by atoms with Gasteiger partial charge in [-0.05, 0) is 55.8 Å². The molecule has 0 radical (unpaired) electrons. The molecule has 1 aromatic heterocycles. The van der Waals surface area contributed by atoms with Crippen LogP contribution < -0.4 is 5.32 Å². The fourth-order valence-corrected chi connectivity index (χ4v) is 2.77. The summed E-state index contributed by atoms with van der Waals surface area (Å²) in [5.74, 6) is -3.22. The van der Waals surface area contributed by atoms with E-state index in [1.807, 2.05) is 6.92 Å². The number of aromatic nitrogens is 1. The van der Waals surface area contributed by atoms with Crippen molar-refractivity contribution in [1.29, 1.82) is 0 Å². The quantitative estimate of drug-likeness (QED) is 0.631. The molecule has 1 amide bonds. The summed E-state index contributed by atoms with van der Waals surface area (Å²) in [6.45, 7) is 3.88. The molecule has 148 valence electrons. The van der Waals surface area contributed by atoms with Gasteiger partial charge in [-0.1, -0.05) is 12.1 Å². The lowest BCUT2D eigenvalue weighted by Crippen LogP contribution is -2.16. The van der Waals surface area contributed by atoms with Crippen LogP contribution in [-0.4, -0.2) is 23.5 Å². The van der Waals surface area contributed by atoms with Gasteiger partial charge in [0.1, 0.15) is 17.2 Å². The zero-order valence-corrected chi connectivity index (χ0v) is 15.8. The lowest BCUT2D eigenvalue weighted by molar-refractivity contribution is 0.0526. The van der Waals surface area contributed by atoms with Crippen molar-refractivity contribution in [2.75, 3.05) is 11.9 Å². The molecule has 0 unspecified atom stereocenters. The molecular weight excluding hydrogens is 378 g/mol. The minimum absolute atomic E-state index is 0.275. The third-order valence-corrected chi connectivity index (χ3v) is 4.24. The first-order valence-corrected chi connectivity index (χ1v) is 8.90. The average Bonchev–Trinajstić information content (AvgIpc) is 2.69. The summed E-state index contributed by atoms with van der Waals surface area (Å²) in [6, 6.07) is 11.6. The van der Waals surface area contributed by atoms with Crippen LogP contribution in [0.5, 0.6) is 0 Å². The number of benzene rings is 2. The molecule has 3 aromatic rings. The molecule has 0 atom stereocenters. The van der Waals surface area contributed by atoms with Gasteiger partial charge in [0.15, 0.2) is 0 Å². The fraction of sp³-hybridized carbons (Fsp3) is 0.136. The highest BCUT2D eigenvalue weighted by molar-refractivity contribution is 6.04. The molecule has 1 N–H and O–H groups in total. The van der Waals surface area contributed by atoms with Crippen LogP contribution in [0.2, 0.25) is 0 Å². The summed E-state index contributed by atoms with van der Waals surface area (Å²) in [7, 11) is 0. The number of halogens is 2. The van der Waals surface area contributed by atoms with E-state index < -0.39 is 29.1 Å². The van der Waals surface area contributed by atoms with Crippen molar-refractivity contribution in [3.8, 4) is 11.3 Å². The van der Waals surface area contributed by atoms with Crippen LogP contribution in [0.1, 0.15) is 33.2 Å². The summed E-state index contributed by atoms with van der Waals surface area (Å²) >= 11 is 0. The maximum absolute atomic E-state index is 13.7. The highest BCUT2D eigenvalue weighted by Crippen LogP contribution is 2.24. The predicted molar refractivity (Wildman–Crippen MR) is 105 cm³/mol. The van der Waals surface area contributed by atoms with Crippen LogP contribution >= 0.6 is 0 Å². The summed E-state index contributed by atoms with van der Waals surface area (Å²) in [6.07, 6.45) is 1.38. The van der Waals surface area contributed by atoms with Crippen molar-refractivity contribution in [3.63, 3.8) is 0 Å². The second kappa shape index (κ2) is 8.60. The largest absolute Gasteiger partial charge is 0.462 e. The predicted octanol–water partition coefficient (Wildman–Crippen LogP) is 4.76. The number of anilines is 1. The molecule has 0 saturated heterocycles. The van der Waals surface area contributed by atoms with Gasteiger partial charge >= 0.3 is 5.97 Å². The van der Waals surface area contributed by atoms with E-state index >= 15 is 0 Å². The molecule has 0 aliphatic heterocycles. The van der Waals surface area contributed by atoms with E-state index in [4.69, 9.17) is 4.74 Å². The third kappa shape index (κ3) is 4.45. The van der Waals surface area contributed by atoms with Crippen LogP contribution in [0.3, 0.4) is 0 Å². The van der Waals surface area contributed by atoms with Crippen molar-refractivity contribution < 1.29 is 23.1 Å². The maximum atomic E-state index is 13.7. The van der Waals surface area contributed by atoms with E-state index in [1.165, 1.54) is 12.3 Å². The molecule has 1 heterocycles. The lowest BCUT2D eigenvalue weighted by atomic mass is 10.0. The summed E-state index contributed by atoms with van der Waals surface area (Å²) in [5.41, 5.74) is 2.23. The average molecular weight is 396 g/mol. The van der Waals surface area contributed by atoms with Crippen LogP contribution in [0.15, 0.2) is 54.7 Å². The molecule has 2 aromatic carbocycles. The number of amides is 1. The molecule has 5 nitrogen and oxygen atoms in total. The van der Waals surface area contributed by atoms with Gasteiger partial charge < -0.3 is 10.1 Å². The maximum Gasteiger partial charge on any atom is 0.338 e. The number of nitrogens with one attached hydrogen (secondary N) is 1. The molecule has 0 aliphatic carbocycles. The van der Waals surface area contributed by atoms with Gasteiger partial charge in [-0.25, -0.2) is 13.6 Å². The second-order valence-electron chi connectivity index (χ2n) is 6.23. The van der Waals surface area contributed by atoms with Crippen LogP contribution in [0.25, 0.3) is 11.3 Å². The Balaban J connectivity index is 1.83. The standard InChI is InChI=1S/C22H18F2N2O3/c1-3-29-22(28)14-8-7-13(2)16(11-14)19-10-9-15(12-25-19)26-21(27)20-17(23)5-4-6-18(20)24/h4-12H,3H2,1-2H3,(H,26,27). The highest BCUT2D eigenvalue weighted by atomic mass is 19.1. The van der Waals surface area contributed by atoms with Gasteiger partial charge in [-0.3, -0.25) is 9.78 Å². The summed E-state index contributed by atoms with van der Waals surface area (Å²) in [4.78, 5) is 28.4. The Bertz CT molecular complexity index is 1050. The Morgan fingerprint density at radius 3 is 2.41 bits per heavy atom. The van der Waals surface area contributed by atoms with E-state index in [0.717, 1.165) is 23.3 Å². The van der Waals surface area contributed by atoms with Crippen molar-refractivity contribution in [2.24, 2.45) is 0 Å². The lowest BCUT2D eigenvalue weighted by Gasteiger charge is -2.10. The smallest absolute Gasteiger partial charge is 0.338 e. The number of nitrogens with zero attached hydrogens (tertiary/aromatic N) is 1. The Morgan fingerprint density at radius 1 is 1.07 bits per heavy atom. The van der Waals surface area contributed by atoms with Crippen molar-refractivity contribution in [1.82, 2.24) is 4.98 Å². The first-order chi connectivity index (χ1) is 13.9. The number of esters is 1. The van der Waals surface area contributed by atoms with E-state index in [1.54, 1.807) is 37.3 Å². The first kappa shape index (κ1) is 20.1. The number of ether oxygens (including phenoxy) is 1. The van der Waals surface area contributed by atoms with Gasteiger partial charge in [-0.2, -0.15) is 0 Å². The van der Waals surface area contributed by atoms with Crippen molar-refractivity contribution in [3.05, 3.63) is 83.1 Å². The second-order valence-corrected chi connectivity index (χ2v) is 6.23. The number of rotatable bonds is 5. The molecule has 29 heavy (non-hydrogen) atoms. The van der Waals surface area contributed by atoms with E-state index in [0.29, 0.717) is 11.3 Å². The Labute approximate surface area is 166 Å². The van der Waals surface area contributed by atoms with Crippen molar-refractivity contribution in [2.45, 2.75) is 13.8 Å². The first-order valence-electron chi connectivity index (χ1n) is 8.90. The molecule has 0 aliphatic rings. The van der Waals surface area contributed by atoms with Crippen LogP contribution in [-0.2, 0) is 4.74 Å². The molecule has 0 fully saturated rings. The molecular formula is C22H18F2N2O3. The monoisotopic (exact) mass is 396 g/mol. The van der Waals surface area contributed by atoms with E-state index in [9.17, 15) is 18.4 Å². The van der Waals surface area contributed by atoms with Gasteiger partial charge in [0.25, 0.3) is 5.91 Å². The Morgan fingerprint density at radius 2 is 1.79 bits per heavy atom. The fourth-order valence-electron chi connectivity index (χ4n) is 2.77. The highest BCUT2D eigenvalue weighted by Gasteiger charge is 2.17. The Hall–Kier alpha value is -3.61. The number of aryl methyl sites for hydroxylation is 1. The number of hydrogen-bond acceptors (Lipinski definition) is 4. The number of hydrogen-bond donors (Lipinski definition) is 1. The zero-order chi connectivity index (χ0) is 21.0. The van der Waals surface area contributed by atoms with Crippen LogP contribution in [0, 0.1) is 18.6 Å². The molecule has 0 spiro atoms. The SMILES string of the molecule is CCOC(=O)c1ccc(C)c(-c2ccc(NC(=O)c3c(F)cccc3F)cn2)c1. The van der Waals surface area contributed by atoms with Crippen molar-refractivity contribution >= 4 is 17.6 Å². The summed E-state index contributed by atoms with van der Waals surface area (Å²) < 4.78 is 32.5. The Kier molecular flexibility index (Phi) is 5.97. The van der Waals surface area contributed by atoms with Gasteiger partial charge in [0.05, 0.1) is 29.7 Å². The summed E-state index contributed by atoms with van der Waals surface area (Å²) in [5, 5.41) is 2.42. The van der Waals surface area contributed by atoms with Gasteiger partial charge in [0.2, 0.25) is 0 Å². The molecule has 3 rings (SSSR count). The molecule has 7 heteroatoms. The van der Waals surface area contributed by atoms with E-state index in [2.05, 4.69) is 10.3 Å². The van der Waals surface area contributed by atoms with Crippen LogP contribution in [0.4, 0.5) is 14.5 Å².